The van der Waals surface area contributed by atoms with Crippen LogP contribution in [0, 0.1) is 19.8 Å². The quantitative estimate of drug-likeness (QED) is 0.547. The zero-order valence-electron chi connectivity index (χ0n) is 8.15. The van der Waals surface area contributed by atoms with Gasteiger partial charge in [0.05, 0.1) is 0 Å². The highest BCUT2D eigenvalue weighted by Gasteiger charge is 2.17. The van der Waals surface area contributed by atoms with Gasteiger partial charge >= 0.3 is 0 Å². The van der Waals surface area contributed by atoms with E-state index in [1.54, 1.807) is 11.1 Å². The van der Waals surface area contributed by atoms with Crippen molar-refractivity contribution in [2.75, 3.05) is 0 Å². The van der Waals surface area contributed by atoms with Crippen molar-refractivity contribution < 1.29 is 0 Å². The lowest BCUT2D eigenvalue weighted by atomic mass is 10.0. The summed E-state index contributed by atoms with van der Waals surface area (Å²) in [7, 11) is 0. The van der Waals surface area contributed by atoms with Crippen LogP contribution in [0.4, 0.5) is 0 Å². The summed E-state index contributed by atoms with van der Waals surface area (Å²) in [6.07, 6.45) is 2.58. The monoisotopic (exact) mass is 160 g/mol. The Balaban J connectivity index is 2.48. The van der Waals surface area contributed by atoms with Crippen molar-refractivity contribution in [2.45, 2.75) is 33.6 Å². The zero-order valence-corrected chi connectivity index (χ0v) is 8.15. The van der Waals surface area contributed by atoms with Crippen LogP contribution in [0.1, 0.15) is 29.2 Å². The van der Waals surface area contributed by atoms with E-state index in [4.69, 9.17) is 0 Å². The number of benzene rings is 1. The Kier molecular flexibility index (Phi) is 1.71. The van der Waals surface area contributed by atoms with Crippen molar-refractivity contribution in [2.24, 2.45) is 5.92 Å². The van der Waals surface area contributed by atoms with Crippen molar-refractivity contribution in [1.82, 2.24) is 0 Å². The Morgan fingerprint density at radius 1 is 1.00 bits per heavy atom. The van der Waals surface area contributed by atoms with Crippen LogP contribution in [0.25, 0.3) is 0 Å². The molecule has 0 unspecified atom stereocenters. The number of rotatable bonds is 0. The van der Waals surface area contributed by atoms with Crippen LogP contribution in [-0.2, 0) is 12.8 Å². The summed E-state index contributed by atoms with van der Waals surface area (Å²) in [5.74, 6) is 0.862. The Morgan fingerprint density at radius 2 is 1.42 bits per heavy atom. The average Bonchev–Trinajstić information content (AvgIpc) is 2.30. The predicted molar refractivity (Wildman–Crippen MR) is 52.5 cm³/mol. The van der Waals surface area contributed by atoms with Gasteiger partial charge < -0.3 is 0 Å². The highest BCUT2D eigenvalue weighted by Crippen LogP contribution is 2.28. The van der Waals surface area contributed by atoms with Gasteiger partial charge in [0.1, 0.15) is 0 Å². The summed E-state index contributed by atoms with van der Waals surface area (Å²) in [6, 6.07) is 4.74. The van der Waals surface area contributed by atoms with Gasteiger partial charge in [-0.3, -0.25) is 0 Å². The van der Waals surface area contributed by atoms with Crippen LogP contribution in [0.2, 0.25) is 0 Å². The van der Waals surface area contributed by atoms with Crippen molar-refractivity contribution in [3.63, 3.8) is 0 Å². The molecule has 0 heterocycles. The largest absolute Gasteiger partial charge is 0.0619 e. The number of hydrogen-bond donors (Lipinski definition) is 0. The molecule has 0 nitrogen and oxygen atoms in total. The normalized spacial score (nSPS) is 16.6. The van der Waals surface area contributed by atoms with Gasteiger partial charge in [0, 0.05) is 0 Å². The molecule has 0 atom stereocenters. The van der Waals surface area contributed by atoms with Gasteiger partial charge in [-0.2, -0.15) is 0 Å². The fourth-order valence-corrected chi connectivity index (χ4v) is 2.14. The van der Waals surface area contributed by atoms with E-state index in [0.717, 1.165) is 5.92 Å². The summed E-state index contributed by atoms with van der Waals surface area (Å²) < 4.78 is 0. The molecule has 12 heavy (non-hydrogen) atoms. The molecule has 1 aromatic rings. The number of hydrogen-bond acceptors (Lipinski definition) is 0. The molecule has 1 aliphatic carbocycles. The lowest BCUT2D eigenvalue weighted by Crippen LogP contribution is -1.89. The van der Waals surface area contributed by atoms with Gasteiger partial charge in [-0.25, -0.2) is 0 Å². The molecule has 0 heteroatoms. The molecule has 2 rings (SSSR count). The summed E-state index contributed by atoms with van der Waals surface area (Å²) in [6.45, 7) is 6.75. The van der Waals surface area contributed by atoms with Gasteiger partial charge in [-0.05, 0) is 54.9 Å². The van der Waals surface area contributed by atoms with E-state index in [9.17, 15) is 0 Å². The third-order valence-electron chi connectivity index (χ3n) is 2.95. The Labute approximate surface area is 74.6 Å². The van der Waals surface area contributed by atoms with Crippen molar-refractivity contribution in [3.8, 4) is 0 Å². The Hall–Kier alpha value is -0.780. The highest BCUT2D eigenvalue weighted by molar-refractivity contribution is 5.40. The Morgan fingerprint density at radius 3 is 1.83 bits per heavy atom. The van der Waals surface area contributed by atoms with E-state index < -0.39 is 0 Å². The van der Waals surface area contributed by atoms with Crippen LogP contribution in [0.15, 0.2) is 12.1 Å². The summed E-state index contributed by atoms with van der Waals surface area (Å²) >= 11 is 0. The van der Waals surface area contributed by atoms with E-state index in [1.807, 2.05) is 0 Å². The van der Waals surface area contributed by atoms with Crippen LogP contribution in [-0.4, -0.2) is 0 Å². The van der Waals surface area contributed by atoms with Gasteiger partial charge in [0.15, 0.2) is 0 Å². The van der Waals surface area contributed by atoms with Crippen LogP contribution < -0.4 is 0 Å². The first-order valence-electron chi connectivity index (χ1n) is 4.76. The summed E-state index contributed by atoms with van der Waals surface area (Å²) in [5, 5.41) is 0. The molecule has 1 aromatic carbocycles. The molecule has 0 spiro atoms. The third-order valence-corrected chi connectivity index (χ3v) is 2.95. The highest BCUT2D eigenvalue weighted by atomic mass is 14.2. The summed E-state index contributed by atoms with van der Waals surface area (Å²) in [5.41, 5.74) is 6.07. The maximum Gasteiger partial charge on any atom is -0.0247 e. The predicted octanol–water partition coefficient (Wildman–Crippen LogP) is 3.04. The molecule has 0 saturated heterocycles. The molecule has 0 fully saturated rings. The molecule has 0 amide bonds. The molecule has 0 saturated carbocycles. The second-order valence-corrected chi connectivity index (χ2v) is 4.22. The van der Waals surface area contributed by atoms with Crippen molar-refractivity contribution in [1.29, 1.82) is 0 Å². The fraction of sp³-hybridized carbons (Fsp3) is 0.500. The minimum Gasteiger partial charge on any atom is -0.0619 e. The third kappa shape index (κ3) is 1.16. The Bertz CT molecular complexity index is 279. The second-order valence-electron chi connectivity index (χ2n) is 4.22. The first-order valence-corrected chi connectivity index (χ1v) is 4.76. The van der Waals surface area contributed by atoms with E-state index >= 15 is 0 Å². The molecular weight excluding hydrogens is 144 g/mol. The van der Waals surface area contributed by atoms with Crippen molar-refractivity contribution >= 4 is 0 Å². The minimum absolute atomic E-state index is 0.862. The van der Waals surface area contributed by atoms with Gasteiger partial charge in [0.25, 0.3) is 0 Å². The van der Waals surface area contributed by atoms with E-state index in [0.29, 0.717) is 0 Å². The minimum atomic E-state index is 0.862. The molecule has 1 aliphatic rings. The number of aryl methyl sites for hydroxylation is 2. The van der Waals surface area contributed by atoms with Crippen LogP contribution in [0.5, 0.6) is 0 Å². The van der Waals surface area contributed by atoms with E-state index in [1.165, 1.54) is 24.0 Å². The first kappa shape index (κ1) is 7.85. The smallest absolute Gasteiger partial charge is 0.0247 e. The maximum atomic E-state index is 2.37. The molecule has 0 N–H and O–H groups in total. The molecule has 0 bridgehead atoms. The molecule has 0 aromatic heterocycles. The van der Waals surface area contributed by atoms with Crippen LogP contribution in [0.3, 0.4) is 0 Å². The zero-order chi connectivity index (χ0) is 8.72. The lowest BCUT2D eigenvalue weighted by molar-refractivity contribution is 0.627. The summed E-state index contributed by atoms with van der Waals surface area (Å²) in [4.78, 5) is 0. The molecular formula is C12H16. The second kappa shape index (κ2) is 2.62. The fourth-order valence-electron chi connectivity index (χ4n) is 2.14. The van der Waals surface area contributed by atoms with E-state index in [2.05, 4.69) is 32.9 Å². The van der Waals surface area contributed by atoms with Crippen LogP contribution >= 0.6 is 0 Å². The van der Waals surface area contributed by atoms with Gasteiger partial charge in [-0.1, -0.05) is 19.1 Å². The molecule has 64 valence electrons. The van der Waals surface area contributed by atoms with Gasteiger partial charge in [-0.15, -0.1) is 0 Å². The lowest BCUT2D eigenvalue weighted by Gasteiger charge is -2.03. The first-order chi connectivity index (χ1) is 5.66. The topological polar surface area (TPSA) is 0 Å². The molecule has 0 aliphatic heterocycles. The van der Waals surface area contributed by atoms with E-state index in [-0.39, 0.29) is 0 Å². The average molecular weight is 160 g/mol. The SMILES string of the molecule is Cc1cc2c(cc1C)CC(C)C2. The van der Waals surface area contributed by atoms with Gasteiger partial charge in [0.2, 0.25) is 0 Å². The standard InChI is InChI=1S/C12H16/c1-8-4-11-6-9(2)10(3)7-12(11)5-8/h6-8H,4-5H2,1-3H3. The number of fused-ring (bicyclic) bond motifs is 1. The van der Waals surface area contributed by atoms with Crippen molar-refractivity contribution in [3.05, 3.63) is 34.4 Å². The maximum absolute atomic E-state index is 2.37. The molecule has 0 radical (unpaired) electrons.